The first-order valence-corrected chi connectivity index (χ1v) is 11.3. The molecule has 0 fully saturated rings. The third-order valence-electron chi connectivity index (χ3n) is 4.53. The molecule has 0 aliphatic heterocycles. The van der Waals surface area contributed by atoms with Gasteiger partial charge in [0.25, 0.3) is 0 Å². The SMILES string of the molecule is CCCCCC(C=O)C(O[PH+]([O-])OCC[NH+](C)C)C(C=O)CCCCC. The maximum absolute atomic E-state index is 12.2. The normalized spacial score (nSPS) is 16.2. The van der Waals surface area contributed by atoms with Crippen LogP contribution in [0, 0.1) is 11.8 Å². The zero-order valence-electron chi connectivity index (χ0n) is 17.0. The summed E-state index contributed by atoms with van der Waals surface area (Å²) in [5, 5.41) is 0. The highest BCUT2D eigenvalue weighted by Crippen LogP contribution is 2.36. The van der Waals surface area contributed by atoms with Crippen LogP contribution in [0.3, 0.4) is 0 Å². The van der Waals surface area contributed by atoms with Gasteiger partial charge in [-0.25, -0.2) is 9.05 Å². The van der Waals surface area contributed by atoms with Crippen molar-refractivity contribution in [3.63, 3.8) is 0 Å². The van der Waals surface area contributed by atoms with Gasteiger partial charge in [-0.2, -0.15) is 0 Å². The van der Waals surface area contributed by atoms with Crippen LogP contribution in [-0.4, -0.2) is 45.9 Å². The van der Waals surface area contributed by atoms with E-state index in [1.165, 1.54) is 4.90 Å². The zero-order valence-corrected chi connectivity index (χ0v) is 18.0. The third kappa shape index (κ3) is 12.1. The summed E-state index contributed by atoms with van der Waals surface area (Å²) in [4.78, 5) is 36.7. The van der Waals surface area contributed by atoms with Gasteiger partial charge in [0.05, 0.1) is 14.1 Å². The summed E-state index contributed by atoms with van der Waals surface area (Å²) < 4.78 is 10.9. The molecule has 0 aromatic rings. The number of likely N-dealkylation sites (N-methyl/N-ethyl adjacent to an activating group) is 1. The maximum Gasteiger partial charge on any atom is 0.225 e. The van der Waals surface area contributed by atoms with Gasteiger partial charge in [0.15, 0.2) is 0 Å². The summed E-state index contributed by atoms with van der Waals surface area (Å²) in [7, 11) is 1.23. The number of hydrogen-bond donors (Lipinski definition) is 1. The molecule has 0 aliphatic carbocycles. The largest absolute Gasteiger partial charge is 0.633 e. The molecule has 0 bridgehead atoms. The summed E-state index contributed by atoms with van der Waals surface area (Å²) in [5.74, 6) is -0.842. The van der Waals surface area contributed by atoms with E-state index in [0.717, 1.165) is 51.1 Å². The highest BCUT2D eigenvalue weighted by Gasteiger charge is 2.34. The Morgan fingerprint density at radius 1 is 0.962 bits per heavy atom. The van der Waals surface area contributed by atoms with Crippen LogP contribution in [0.1, 0.15) is 65.2 Å². The molecule has 6 nitrogen and oxygen atoms in total. The zero-order chi connectivity index (χ0) is 19.8. The first kappa shape index (κ1) is 25.6. The molecule has 0 heterocycles. The van der Waals surface area contributed by atoms with Gasteiger partial charge in [0.1, 0.15) is 31.8 Å². The summed E-state index contributed by atoms with van der Waals surface area (Å²) in [6.45, 7) is 5.24. The Kier molecular flexibility index (Phi) is 16.5. The van der Waals surface area contributed by atoms with Gasteiger partial charge in [-0.1, -0.05) is 52.4 Å². The smallest absolute Gasteiger partial charge is 0.225 e. The molecule has 0 amide bonds. The average Bonchev–Trinajstić information content (AvgIpc) is 2.61. The molecule has 26 heavy (non-hydrogen) atoms. The Morgan fingerprint density at radius 2 is 1.46 bits per heavy atom. The van der Waals surface area contributed by atoms with Crippen LogP contribution in [-0.2, 0) is 18.6 Å². The van der Waals surface area contributed by atoms with Crippen molar-refractivity contribution in [3.05, 3.63) is 0 Å². The monoisotopic (exact) mass is 392 g/mol. The van der Waals surface area contributed by atoms with Crippen molar-refractivity contribution in [2.75, 3.05) is 27.2 Å². The van der Waals surface area contributed by atoms with Gasteiger partial charge in [-0.15, -0.1) is 0 Å². The molecule has 7 heteroatoms. The Hall–Kier alpha value is -0.390. The molecule has 154 valence electrons. The summed E-state index contributed by atoms with van der Waals surface area (Å²) in [6.07, 6.45) is 8.30. The number of aldehydes is 2. The third-order valence-corrected chi connectivity index (χ3v) is 5.43. The molecule has 3 unspecified atom stereocenters. The number of hydrogen-bond acceptors (Lipinski definition) is 5. The molecule has 0 saturated heterocycles. The van der Waals surface area contributed by atoms with Crippen LogP contribution in [0.15, 0.2) is 0 Å². The molecule has 0 spiro atoms. The van der Waals surface area contributed by atoms with Crippen molar-refractivity contribution in [2.24, 2.45) is 11.8 Å². The fourth-order valence-electron chi connectivity index (χ4n) is 2.86. The Bertz CT molecular complexity index is 335. The lowest BCUT2D eigenvalue weighted by Gasteiger charge is -2.28. The lowest BCUT2D eigenvalue weighted by atomic mass is 9.86. The highest BCUT2D eigenvalue weighted by atomic mass is 31.2. The van der Waals surface area contributed by atoms with Crippen LogP contribution < -0.4 is 9.79 Å². The number of quaternary nitrogens is 1. The maximum atomic E-state index is 12.2. The minimum absolute atomic E-state index is 0.329. The number of carbonyl (C=O) groups excluding carboxylic acids is 2. The van der Waals surface area contributed by atoms with Gasteiger partial charge >= 0.3 is 0 Å². The van der Waals surface area contributed by atoms with Crippen molar-refractivity contribution in [2.45, 2.75) is 71.3 Å². The fourth-order valence-corrected chi connectivity index (χ4v) is 3.76. The summed E-state index contributed by atoms with van der Waals surface area (Å²) in [6, 6.07) is 0. The molecule has 0 aromatic heterocycles. The van der Waals surface area contributed by atoms with E-state index in [4.69, 9.17) is 9.05 Å². The van der Waals surface area contributed by atoms with E-state index in [2.05, 4.69) is 13.8 Å². The predicted molar refractivity (Wildman–Crippen MR) is 104 cm³/mol. The average molecular weight is 392 g/mol. The Balaban J connectivity index is 4.91. The van der Waals surface area contributed by atoms with Gasteiger partial charge in [0.2, 0.25) is 8.60 Å². The second-order valence-corrected chi connectivity index (χ2v) is 8.25. The van der Waals surface area contributed by atoms with E-state index >= 15 is 0 Å². The standard InChI is InChI=1S/C19H38NO5P/c1-5-7-9-11-17(15-21)19(18(16-22)12-10-8-6-2)25-26(23)24-14-13-20(3)4/h15-19,26H,5-14H2,1-4H3/p+1. The number of nitrogens with one attached hydrogen (secondary N) is 1. The minimum atomic E-state index is -2.73. The lowest BCUT2D eigenvalue weighted by molar-refractivity contribution is -0.858. The lowest BCUT2D eigenvalue weighted by Crippen LogP contribution is -3.06. The number of unbranched alkanes of at least 4 members (excludes halogenated alkanes) is 4. The topological polar surface area (TPSA) is 80.1 Å². The predicted octanol–water partition coefficient (Wildman–Crippen LogP) is 1.64. The van der Waals surface area contributed by atoms with Crippen molar-refractivity contribution in [3.8, 4) is 0 Å². The first-order chi connectivity index (χ1) is 12.5. The van der Waals surface area contributed by atoms with Gasteiger partial charge in [-0.05, 0) is 12.8 Å². The number of carbonyl (C=O) groups is 2. The van der Waals surface area contributed by atoms with E-state index in [-0.39, 0.29) is 0 Å². The second kappa shape index (κ2) is 16.8. The van der Waals surface area contributed by atoms with Crippen molar-refractivity contribution < 1.29 is 28.4 Å². The van der Waals surface area contributed by atoms with Gasteiger partial charge < -0.3 is 19.4 Å². The van der Waals surface area contributed by atoms with Crippen molar-refractivity contribution in [1.82, 2.24) is 0 Å². The van der Waals surface area contributed by atoms with Crippen LogP contribution in [0.25, 0.3) is 0 Å². The fraction of sp³-hybridized carbons (Fsp3) is 0.895. The molecule has 1 N–H and O–H groups in total. The van der Waals surface area contributed by atoms with Crippen LogP contribution in [0.4, 0.5) is 0 Å². The molecular formula is C19H39NO5P+. The van der Waals surface area contributed by atoms with Gasteiger partial charge in [-0.3, -0.25) is 0 Å². The second-order valence-electron chi connectivity index (χ2n) is 7.23. The molecular weight excluding hydrogens is 353 g/mol. The van der Waals surface area contributed by atoms with Crippen LogP contribution in [0.5, 0.6) is 0 Å². The quantitative estimate of drug-likeness (QED) is 0.218. The van der Waals surface area contributed by atoms with E-state index in [1.54, 1.807) is 0 Å². The molecule has 0 rings (SSSR count). The van der Waals surface area contributed by atoms with Crippen LogP contribution in [0.2, 0.25) is 0 Å². The molecule has 0 saturated carbocycles. The molecule has 0 radical (unpaired) electrons. The Labute approximate surface area is 160 Å². The van der Waals surface area contributed by atoms with E-state index in [0.29, 0.717) is 26.0 Å². The summed E-state index contributed by atoms with van der Waals surface area (Å²) >= 11 is 0. The van der Waals surface area contributed by atoms with Crippen molar-refractivity contribution >= 4 is 21.2 Å². The molecule has 0 aromatic carbocycles. The Morgan fingerprint density at radius 3 is 1.85 bits per heavy atom. The van der Waals surface area contributed by atoms with Crippen molar-refractivity contribution in [1.29, 1.82) is 0 Å². The molecule has 3 atom stereocenters. The number of rotatable bonds is 18. The highest BCUT2D eigenvalue weighted by molar-refractivity contribution is 7.39. The van der Waals surface area contributed by atoms with Crippen LogP contribution >= 0.6 is 8.60 Å². The first-order valence-electron chi connectivity index (χ1n) is 10.0. The minimum Gasteiger partial charge on any atom is -0.633 e. The summed E-state index contributed by atoms with van der Waals surface area (Å²) in [5.41, 5.74) is 0. The van der Waals surface area contributed by atoms with E-state index in [9.17, 15) is 14.5 Å². The van der Waals surface area contributed by atoms with E-state index < -0.39 is 26.5 Å². The molecule has 0 aliphatic rings. The van der Waals surface area contributed by atoms with Gasteiger partial charge in [0, 0.05) is 11.8 Å². The van der Waals surface area contributed by atoms with E-state index in [1.807, 2.05) is 14.1 Å².